The molecule has 0 fully saturated rings. The van der Waals surface area contributed by atoms with E-state index in [2.05, 4.69) is 33.8 Å². The van der Waals surface area contributed by atoms with E-state index in [1.54, 1.807) is 24.3 Å². The van der Waals surface area contributed by atoms with Gasteiger partial charge in [0, 0.05) is 12.2 Å². The summed E-state index contributed by atoms with van der Waals surface area (Å²) in [5.74, 6) is 0.766. The summed E-state index contributed by atoms with van der Waals surface area (Å²) in [4.78, 5) is 27.5. The van der Waals surface area contributed by atoms with Gasteiger partial charge >= 0.3 is 6.03 Å². The molecule has 0 aliphatic carbocycles. The Labute approximate surface area is 165 Å². The van der Waals surface area contributed by atoms with Crippen LogP contribution in [0.3, 0.4) is 0 Å². The van der Waals surface area contributed by atoms with Crippen molar-refractivity contribution in [3.05, 3.63) is 53.3 Å². The zero-order valence-electron chi connectivity index (χ0n) is 14.4. The number of hydrogen-bond donors (Lipinski definition) is 4. The van der Waals surface area contributed by atoms with Gasteiger partial charge in [0.2, 0.25) is 6.41 Å². The predicted molar refractivity (Wildman–Crippen MR) is 112 cm³/mol. The van der Waals surface area contributed by atoms with Crippen LogP contribution in [0.5, 0.6) is 0 Å². The Kier molecular flexibility index (Phi) is 6.50. The number of nitrogens with zero attached hydrogens (tertiary/aromatic N) is 2. The SMILES string of the molecule is O=CNNc1ccc(NC(=O)N=c2sc3ccccc3n2CCCS)cc1. The Morgan fingerprint density at radius 3 is 2.63 bits per heavy atom. The van der Waals surface area contributed by atoms with Gasteiger partial charge in [-0.15, -0.1) is 0 Å². The van der Waals surface area contributed by atoms with Crippen LogP contribution in [-0.4, -0.2) is 22.8 Å². The van der Waals surface area contributed by atoms with E-state index in [1.807, 2.05) is 28.8 Å². The normalized spacial score (nSPS) is 11.4. The van der Waals surface area contributed by atoms with Crippen molar-refractivity contribution in [2.45, 2.75) is 13.0 Å². The van der Waals surface area contributed by atoms with Crippen LogP contribution < -0.4 is 21.0 Å². The van der Waals surface area contributed by atoms with Crippen LogP contribution in [0.4, 0.5) is 16.2 Å². The molecule has 0 saturated heterocycles. The summed E-state index contributed by atoms with van der Waals surface area (Å²) in [6.07, 6.45) is 1.44. The first-order chi connectivity index (χ1) is 13.2. The van der Waals surface area contributed by atoms with Crippen LogP contribution in [0.1, 0.15) is 6.42 Å². The second kappa shape index (κ2) is 9.24. The summed E-state index contributed by atoms with van der Waals surface area (Å²) in [5, 5.41) is 2.76. The Morgan fingerprint density at radius 1 is 1.15 bits per heavy atom. The number of para-hydroxylation sites is 1. The second-order valence-corrected chi connectivity index (χ2v) is 7.04. The fourth-order valence-electron chi connectivity index (χ4n) is 2.54. The van der Waals surface area contributed by atoms with E-state index in [9.17, 15) is 9.59 Å². The van der Waals surface area contributed by atoms with Crippen molar-refractivity contribution >= 4 is 58.0 Å². The Balaban J connectivity index is 1.81. The van der Waals surface area contributed by atoms with Gasteiger partial charge in [-0.3, -0.25) is 15.6 Å². The van der Waals surface area contributed by atoms with Gasteiger partial charge < -0.3 is 9.88 Å². The highest BCUT2D eigenvalue weighted by Gasteiger charge is 2.07. The maximum absolute atomic E-state index is 12.4. The molecule has 1 heterocycles. The lowest BCUT2D eigenvalue weighted by Gasteiger charge is -2.06. The third-order valence-corrected chi connectivity index (χ3v) is 5.11. The van der Waals surface area contributed by atoms with E-state index in [-0.39, 0.29) is 0 Å². The number of thiazole rings is 1. The minimum Gasteiger partial charge on any atom is -0.316 e. The maximum Gasteiger partial charge on any atom is 0.348 e. The Bertz CT molecular complexity index is 995. The molecule has 27 heavy (non-hydrogen) atoms. The van der Waals surface area contributed by atoms with E-state index in [1.165, 1.54) is 11.3 Å². The number of benzene rings is 2. The number of carbonyl (C=O) groups is 2. The molecular weight excluding hydrogens is 382 g/mol. The van der Waals surface area contributed by atoms with Crippen LogP contribution in [0.25, 0.3) is 10.2 Å². The zero-order valence-corrected chi connectivity index (χ0v) is 16.1. The number of fused-ring (bicyclic) bond motifs is 1. The second-order valence-electron chi connectivity index (χ2n) is 5.59. The lowest BCUT2D eigenvalue weighted by atomic mass is 10.3. The minimum absolute atomic E-state index is 0.437. The molecular formula is C18H19N5O2S2. The highest BCUT2D eigenvalue weighted by Crippen LogP contribution is 2.17. The summed E-state index contributed by atoms with van der Waals surface area (Å²) < 4.78 is 3.13. The molecule has 3 amide bonds. The average molecular weight is 402 g/mol. The molecule has 0 saturated carbocycles. The quantitative estimate of drug-likeness (QED) is 0.278. The molecule has 0 spiro atoms. The maximum atomic E-state index is 12.4. The molecule has 3 N–H and O–H groups in total. The summed E-state index contributed by atoms with van der Waals surface area (Å²) in [6, 6.07) is 14.5. The molecule has 0 aliphatic rings. The number of hydrazine groups is 1. The fourth-order valence-corrected chi connectivity index (χ4v) is 3.73. The van der Waals surface area contributed by atoms with Crippen molar-refractivity contribution in [3.63, 3.8) is 0 Å². The number of hydrogen-bond acceptors (Lipinski definition) is 5. The van der Waals surface area contributed by atoms with Crippen LogP contribution in [0, 0.1) is 0 Å². The van der Waals surface area contributed by atoms with E-state index in [4.69, 9.17) is 0 Å². The van der Waals surface area contributed by atoms with Crippen molar-refractivity contribution in [1.82, 2.24) is 9.99 Å². The van der Waals surface area contributed by atoms with E-state index >= 15 is 0 Å². The predicted octanol–water partition coefficient (Wildman–Crippen LogP) is 3.23. The highest BCUT2D eigenvalue weighted by molar-refractivity contribution is 7.80. The van der Waals surface area contributed by atoms with Crippen molar-refractivity contribution in [1.29, 1.82) is 0 Å². The van der Waals surface area contributed by atoms with Gasteiger partial charge in [-0.05, 0) is 48.6 Å². The third-order valence-electron chi connectivity index (χ3n) is 3.74. The number of thiol groups is 1. The van der Waals surface area contributed by atoms with Crippen LogP contribution in [-0.2, 0) is 11.3 Å². The lowest BCUT2D eigenvalue weighted by Crippen LogP contribution is -2.20. The third kappa shape index (κ3) is 4.89. The van der Waals surface area contributed by atoms with E-state index < -0.39 is 6.03 Å². The molecule has 9 heteroatoms. The van der Waals surface area contributed by atoms with Crippen LogP contribution in [0.15, 0.2) is 53.5 Å². The van der Waals surface area contributed by atoms with Crippen LogP contribution in [0.2, 0.25) is 0 Å². The number of anilines is 2. The first-order valence-corrected chi connectivity index (χ1v) is 9.76. The largest absolute Gasteiger partial charge is 0.348 e. The number of aryl methyl sites for hydroxylation is 1. The van der Waals surface area contributed by atoms with Crippen molar-refractivity contribution in [3.8, 4) is 0 Å². The average Bonchev–Trinajstić information content (AvgIpc) is 3.02. The molecule has 0 unspecified atom stereocenters. The van der Waals surface area contributed by atoms with Gasteiger partial charge in [0.1, 0.15) is 0 Å². The smallest absolute Gasteiger partial charge is 0.316 e. The molecule has 0 aliphatic heterocycles. The van der Waals surface area contributed by atoms with Crippen molar-refractivity contribution < 1.29 is 9.59 Å². The molecule has 140 valence electrons. The number of urea groups is 1. The Hall–Kier alpha value is -2.78. The van der Waals surface area contributed by atoms with Gasteiger partial charge in [-0.2, -0.15) is 17.6 Å². The summed E-state index contributed by atoms with van der Waals surface area (Å²) in [6.45, 7) is 0.754. The van der Waals surface area contributed by atoms with Crippen molar-refractivity contribution in [2.24, 2.45) is 4.99 Å². The van der Waals surface area contributed by atoms with Gasteiger partial charge in [-0.1, -0.05) is 23.5 Å². The minimum atomic E-state index is -0.437. The van der Waals surface area contributed by atoms with Gasteiger partial charge in [-0.25, -0.2) is 4.79 Å². The summed E-state index contributed by atoms with van der Waals surface area (Å²) in [7, 11) is 0. The standard InChI is InChI=1S/C18H19N5O2S2/c24-12-19-22-14-8-6-13(7-9-14)20-17(25)21-18-23(10-3-11-26)15-4-1-2-5-16(15)27-18/h1-2,4-9,12,22,26H,3,10-11H2,(H,19,24)(H,20,25). The summed E-state index contributed by atoms with van der Waals surface area (Å²) in [5.41, 5.74) is 7.42. The number of aromatic nitrogens is 1. The Morgan fingerprint density at radius 2 is 1.89 bits per heavy atom. The van der Waals surface area contributed by atoms with Gasteiger partial charge in [0.05, 0.1) is 15.9 Å². The van der Waals surface area contributed by atoms with Gasteiger partial charge in [0.25, 0.3) is 0 Å². The number of rotatable bonds is 7. The lowest BCUT2D eigenvalue weighted by molar-refractivity contribution is -0.109. The van der Waals surface area contributed by atoms with Crippen molar-refractivity contribution in [2.75, 3.05) is 16.5 Å². The molecule has 1 aromatic heterocycles. The molecule has 7 nitrogen and oxygen atoms in total. The molecule has 0 radical (unpaired) electrons. The molecule has 2 aromatic carbocycles. The summed E-state index contributed by atoms with van der Waals surface area (Å²) >= 11 is 5.76. The molecule has 0 atom stereocenters. The first-order valence-electron chi connectivity index (χ1n) is 8.31. The monoisotopic (exact) mass is 401 g/mol. The molecule has 3 rings (SSSR count). The number of carbonyl (C=O) groups excluding carboxylic acids is 2. The highest BCUT2D eigenvalue weighted by atomic mass is 32.1. The molecule has 0 bridgehead atoms. The topological polar surface area (TPSA) is 87.5 Å². The fraction of sp³-hybridized carbons (Fsp3) is 0.167. The zero-order chi connectivity index (χ0) is 19.1. The van der Waals surface area contributed by atoms with Gasteiger partial charge in [0.15, 0.2) is 4.80 Å². The van der Waals surface area contributed by atoms with E-state index in [0.717, 1.165) is 28.9 Å². The van der Waals surface area contributed by atoms with Crippen LogP contribution >= 0.6 is 24.0 Å². The molecule has 3 aromatic rings. The number of nitrogens with one attached hydrogen (secondary N) is 3. The number of amides is 3. The first kappa shape index (κ1) is 19.0. The van der Waals surface area contributed by atoms with E-state index in [0.29, 0.717) is 22.6 Å².